The molecule has 314 valence electrons. The van der Waals surface area contributed by atoms with E-state index in [0.29, 0.717) is 12.8 Å². The largest absolute Gasteiger partial charge is 0.480 e. The Balaban J connectivity index is 4.39. The van der Waals surface area contributed by atoms with Gasteiger partial charge in [-0.05, 0) is 57.8 Å². The number of rotatable bonds is 40. The van der Waals surface area contributed by atoms with Gasteiger partial charge in [0, 0.05) is 12.8 Å². The second-order valence-corrected chi connectivity index (χ2v) is 15.7. The molecule has 4 N–H and O–H groups in total. The number of carbonyl (C=O) groups excluding carboxylic acids is 2. The van der Waals surface area contributed by atoms with E-state index in [9.17, 15) is 23.8 Å². The molecule has 0 heterocycles. The minimum atomic E-state index is -4.72. The van der Waals surface area contributed by atoms with Gasteiger partial charge < -0.3 is 25.2 Å². The van der Waals surface area contributed by atoms with E-state index < -0.39 is 51.1 Å². The normalized spacial score (nSPS) is 13.9. The van der Waals surface area contributed by atoms with Gasteiger partial charge in [0.05, 0.1) is 13.2 Å². The van der Waals surface area contributed by atoms with Crippen molar-refractivity contribution in [2.45, 2.75) is 192 Å². The number of aliphatic carboxylic acids is 1. The summed E-state index contributed by atoms with van der Waals surface area (Å²) >= 11 is 0. The van der Waals surface area contributed by atoms with Crippen LogP contribution in [-0.2, 0) is 37.5 Å². The number of phosphoric acid groups is 1. The molecule has 0 aliphatic rings. The predicted molar refractivity (Wildman–Crippen MR) is 217 cm³/mol. The van der Waals surface area contributed by atoms with Gasteiger partial charge in [-0.3, -0.25) is 23.4 Å². The van der Waals surface area contributed by atoms with Gasteiger partial charge in [-0.25, -0.2) is 4.57 Å². The molecule has 12 heteroatoms. The summed E-state index contributed by atoms with van der Waals surface area (Å²) in [5.74, 6) is -2.40. The summed E-state index contributed by atoms with van der Waals surface area (Å²) in [7, 11) is -4.72. The van der Waals surface area contributed by atoms with Crippen molar-refractivity contribution in [2.24, 2.45) is 5.73 Å². The SMILES string of the molecule is C=CCCCCCCCCCCCCCCCC(=O)OC[C@H](COP(=O)(O)OC[C@H](N)C(=O)O)OC(=O)CCCCCCC/C=C/C/C=C/CCCCC. The molecule has 0 aromatic heterocycles. The van der Waals surface area contributed by atoms with Crippen LogP contribution in [0.4, 0.5) is 0 Å². The van der Waals surface area contributed by atoms with E-state index in [1.807, 2.05) is 6.08 Å². The van der Waals surface area contributed by atoms with Crippen LogP contribution in [0.3, 0.4) is 0 Å². The third kappa shape index (κ3) is 36.7. The molecule has 0 aliphatic carbocycles. The van der Waals surface area contributed by atoms with Gasteiger partial charge >= 0.3 is 25.7 Å². The molecule has 0 saturated heterocycles. The Kier molecular flexibility index (Phi) is 36.0. The summed E-state index contributed by atoms with van der Waals surface area (Å²) in [6.45, 7) is 4.28. The lowest BCUT2D eigenvalue weighted by molar-refractivity contribution is -0.161. The summed E-state index contributed by atoms with van der Waals surface area (Å²) in [6.07, 6.45) is 38.1. The first-order chi connectivity index (χ1) is 26.1. The average Bonchev–Trinajstić information content (AvgIpc) is 3.14. The molecule has 0 aromatic rings. The highest BCUT2D eigenvalue weighted by Crippen LogP contribution is 2.43. The van der Waals surface area contributed by atoms with Gasteiger partial charge in [-0.1, -0.05) is 140 Å². The Morgan fingerprint density at radius 3 is 1.57 bits per heavy atom. The Labute approximate surface area is 327 Å². The second kappa shape index (κ2) is 37.6. The van der Waals surface area contributed by atoms with Crippen molar-refractivity contribution in [2.75, 3.05) is 19.8 Å². The fraction of sp³-hybridized carbons (Fsp3) is 0.786. The molecule has 11 nitrogen and oxygen atoms in total. The Hall–Kier alpha value is -2.30. The van der Waals surface area contributed by atoms with Gasteiger partial charge in [-0.15, -0.1) is 6.58 Å². The lowest BCUT2D eigenvalue weighted by Crippen LogP contribution is -2.34. The molecule has 0 aromatic carbocycles. The highest BCUT2D eigenvalue weighted by atomic mass is 31.2. The number of hydrogen-bond donors (Lipinski definition) is 3. The number of hydrogen-bond acceptors (Lipinski definition) is 9. The maximum atomic E-state index is 12.6. The van der Waals surface area contributed by atoms with E-state index in [1.54, 1.807) is 0 Å². The third-order valence-corrected chi connectivity index (χ3v) is 9.96. The van der Waals surface area contributed by atoms with Crippen molar-refractivity contribution in [3.8, 4) is 0 Å². The summed E-state index contributed by atoms with van der Waals surface area (Å²) in [6, 6.07) is -1.52. The molecule has 0 fully saturated rings. The van der Waals surface area contributed by atoms with Crippen LogP contribution >= 0.6 is 7.82 Å². The van der Waals surface area contributed by atoms with Gasteiger partial charge in [0.2, 0.25) is 0 Å². The van der Waals surface area contributed by atoms with E-state index in [4.69, 9.17) is 24.8 Å². The smallest absolute Gasteiger partial charge is 0.472 e. The first kappa shape index (κ1) is 51.7. The minimum Gasteiger partial charge on any atom is -0.480 e. The molecule has 0 rings (SSSR count). The molecule has 0 spiro atoms. The number of unbranched alkanes of at least 4 members (excludes halogenated alkanes) is 21. The predicted octanol–water partition coefficient (Wildman–Crippen LogP) is 10.8. The van der Waals surface area contributed by atoms with Gasteiger partial charge in [-0.2, -0.15) is 0 Å². The van der Waals surface area contributed by atoms with Crippen LogP contribution in [0.5, 0.6) is 0 Å². The zero-order chi connectivity index (χ0) is 40.0. The topological polar surface area (TPSA) is 172 Å². The molecule has 3 atom stereocenters. The number of carboxylic acid groups (broad SMARTS) is 1. The maximum Gasteiger partial charge on any atom is 0.472 e. The van der Waals surface area contributed by atoms with E-state index in [-0.39, 0.29) is 19.4 Å². The fourth-order valence-corrected chi connectivity index (χ4v) is 6.44. The zero-order valence-electron chi connectivity index (χ0n) is 33.6. The van der Waals surface area contributed by atoms with Crippen molar-refractivity contribution in [1.82, 2.24) is 0 Å². The number of phosphoric ester groups is 1. The molecule has 1 unspecified atom stereocenters. The lowest BCUT2D eigenvalue weighted by atomic mass is 10.0. The van der Waals surface area contributed by atoms with Crippen molar-refractivity contribution in [3.05, 3.63) is 37.0 Å². The van der Waals surface area contributed by atoms with E-state index in [0.717, 1.165) is 70.6 Å². The second-order valence-electron chi connectivity index (χ2n) is 14.2. The van der Waals surface area contributed by atoms with Crippen molar-refractivity contribution in [1.29, 1.82) is 0 Å². The van der Waals surface area contributed by atoms with Crippen LogP contribution in [0.2, 0.25) is 0 Å². The number of nitrogens with two attached hydrogens (primary N) is 1. The van der Waals surface area contributed by atoms with Gasteiger partial charge in [0.1, 0.15) is 12.6 Å². The Bertz CT molecular complexity index is 1050. The average molecular weight is 786 g/mol. The molecule has 0 bridgehead atoms. The number of carbonyl (C=O) groups is 3. The molecular weight excluding hydrogens is 709 g/mol. The first-order valence-corrected chi connectivity index (χ1v) is 22.5. The van der Waals surface area contributed by atoms with Crippen LogP contribution in [0.15, 0.2) is 37.0 Å². The third-order valence-electron chi connectivity index (χ3n) is 9.01. The summed E-state index contributed by atoms with van der Waals surface area (Å²) in [5.41, 5.74) is 5.33. The van der Waals surface area contributed by atoms with Crippen molar-refractivity contribution < 1.29 is 47.5 Å². The van der Waals surface area contributed by atoms with Crippen LogP contribution in [0.25, 0.3) is 0 Å². The van der Waals surface area contributed by atoms with Crippen LogP contribution < -0.4 is 5.73 Å². The molecular formula is C42H76NO10P. The summed E-state index contributed by atoms with van der Waals surface area (Å²) in [5, 5.41) is 8.88. The van der Waals surface area contributed by atoms with Crippen molar-refractivity contribution >= 4 is 25.7 Å². The first-order valence-electron chi connectivity index (χ1n) is 21.0. The highest BCUT2D eigenvalue weighted by molar-refractivity contribution is 7.47. The zero-order valence-corrected chi connectivity index (χ0v) is 34.5. The van der Waals surface area contributed by atoms with Gasteiger partial charge in [0.15, 0.2) is 6.10 Å². The number of ether oxygens (including phenoxy) is 2. The van der Waals surface area contributed by atoms with Crippen LogP contribution in [0, 0.1) is 0 Å². The maximum absolute atomic E-state index is 12.6. The fourth-order valence-electron chi connectivity index (χ4n) is 5.66. The molecule has 54 heavy (non-hydrogen) atoms. The number of carboxylic acids is 1. The lowest BCUT2D eigenvalue weighted by Gasteiger charge is -2.20. The van der Waals surface area contributed by atoms with Gasteiger partial charge in [0.25, 0.3) is 0 Å². The molecule has 0 amide bonds. The Morgan fingerprint density at radius 2 is 1.07 bits per heavy atom. The minimum absolute atomic E-state index is 0.145. The standard InChI is InChI=1S/C42H76NO10P/c1-3-5-7-9-11-13-15-17-19-21-23-25-27-29-31-33-40(44)50-35-38(36-51-54(48,49)52-37-39(43)42(46)47)53-41(45)34-32-30-28-26-24-22-20-18-16-14-12-10-8-6-4-2/h3,12,14,18,20,38-39H,1,4-11,13,15-17,19,21-37,43H2,2H3,(H,46,47)(H,48,49)/b14-12+,20-18+/t38-,39+/m1/s1. The van der Waals surface area contributed by atoms with E-state index >= 15 is 0 Å². The van der Waals surface area contributed by atoms with Crippen molar-refractivity contribution in [3.63, 3.8) is 0 Å². The quantitative estimate of drug-likeness (QED) is 0.0234. The van der Waals surface area contributed by atoms with Crippen LogP contribution in [0.1, 0.15) is 180 Å². The number of esters is 2. The summed E-state index contributed by atoms with van der Waals surface area (Å²) < 4.78 is 32.6. The number of allylic oxidation sites excluding steroid dienone is 5. The molecule has 0 saturated carbocycles. The molecule has 0 aliphatic heterocycles. The van der Waals surface area contributed by atoms with E-state index in [1.165, 1.54) is 77.0 Å². The highest BCUT2D eigenvalue weighted by Gasteiger charge is 2.28. The van der Waals surface area contributed by atoms with E-state index in [2.05, 4.69) is 42.3 Å². The Morgan fingerprint density at radius 1 is 0.630 bits per heavy atom. The van der Waals surface area contributed by atoms with Crippen LogP contribution in [-0.4, -0.2) is 59.9 Å². The monoisotopic (exact) mass is 786 g/mol. The summed E-state index contributed by atoms with van der Waals surface area (Å²) in [4.78, 5) is 45.9. The molecule has 0 radical (unpaired) electrons.